The van der Waals surface area contributed by atoms with Crippen molar-refractivity contribution in [1.82, 2.24) is 10.3 Å². The summed E-state index contributed by atoms with van der Waals surface area (Å²) in [6, 6.07) is 8.37. The molecule has 1 aromatic heterocycles. The molecule has 0 aliphatic carbocycles. The van der Waals surface area contributed by atoms with Gasteiger partial charge in [0.05, 0.1) is 5.69 Å². The lowest BCUT2D eigenvalue weighted by Crippen LogP contribution is -2.22. The average molecular weight is 317 g/mol. The fourth-order valence-corrected chi connectivity index (χ4v) is 2.73. The van der Waals surface area contributed by atoms with E-state index in [1.54, 1.807) is 11.3 Å². The van der Waals surface area contributed by atoms with Gasteiger partial charge in [0.2, 0.25) is 5.91 Å². The number of benzene rings is 1. The molecule has 22 heavy (non-hydrogen) atoms. The first-order valence-electron chi connectivity index (χ1n) is 7.57. The van der Waals surface area contributed by atoms with Gasteiger partial charge in [0.25, 0.3) is 0 Å². The van der Waals surface area contributed by atoms with Crippen LogP contribution in [0.25, 0.3) is 11.3 Å². The van der Waals surface area contributed by atoms with E-state index in [1.165, 1.54) is 12.5 Å². The molecule has 2 rings (SSSR count). The number of thiazole rings is 1. The number of aromatic nitrogens is 1. The summed E-state index contributed by atoms with van der Waals surface area (Å²) in [7, 11) is 0. The largest absolute Gasteiger partial charge is 0.361 e. The summed E-state index contributed by atoms with van der Waals surface area (Å²) in [6.45, 7) is 7.52. The van der Waals surface area contributed by atoms with Crippen molar-refractivity contribution >= 4 is 22.4 Å². The van der Waals surface area contributed by atoms with Gasteiger partial charge in [0, 0.05) is 31.0 Å². The van der Waals surface area contributed by atoms with Gasteiger partial charge < -0.3 is 10.6 Å². The Morgan fingerprint density at radius 3 is 2.64 bits per heavy atom. The van der Waals surface area contributed by atoms with Gasteiger partial charge in [-0.15, -0.1) is 11.3 Å². The molecule has 2 aromatic rings. The SMILES string of the molecule is CC(=O)NCCc1ccc(-c2csc(NCC(C)C)n2)cc1. The van der Waals surface area contributed by atoms with E-state index in [1.807, 2.05) is 0 Å². The second-order valence-electron chi connectivity index (χ2n) is 5.74. The topological polar surface area (TPSA) is 54.0 Å². The summed E-state index contributed by atoms with van der Waals surface area (Å²) in [4.78, 5) is 15.5. The molecule has 0 fully saturated rings. The molecule has 118 valence electrons. The predicted molar refractivity (Wildman–Crippen MR) is 93.3 cm³/mol. The van der Waals surface area contributed by atoms with Gasteiger partial charge in [-0.3, -0.25) is 4.79 Å². The Bertz CT molecular complexity index is 605. The zero-order valence-corrected chi connectivity index (χ0v) is 14.2. The maximum Gasteiger partial charge on any atom is 0.216 e. The summed E-state index contributed by atoms with van der Waals surface area (Å²) in [5.41, 5.74) is 3.34. The van der Waals surface area contributed by atoms with Crippen LogP contribution in [0.5, 0.6) is 0 Å². The molecule has 0 aliphatic heterocycles. The van der Waals surface area contributed by atoms with Crippen LogP contribution in [0, 0.1) is 5.92 Å². The Balaban J connectivity index is 1.94. The Labute approximate surface area is 136 Å². The third kappa shape index (κ3) is 5.15. The fourth-order valence-electron chi connectivity index (χ4n) is 2.00. The highest BCUT2D eigenvalue weighted by atomic mass is 32.1. The highest BCUT2D eigenvalue weighted by Gasteiger charge is 2.05. The number of carbonyl (C=O) groups is 1. The third-order valence-electron chi connectivity index (χ3n) is 3.20. The molecule has 0 saturated heterocycles. The molecule has 1 amide bonds. The molecular formula is C17H23N3OS. The lowest BCUT2D eigenvalue weighted by molar-refractivity contribution is -0.118. The lowest BCUT2D eigenvalue weighted by atomic mass is 10.1. The quantitative estimate of drug-likeness (QED) is 0.821. The van der Waals surface area contributed by atoms with E-state index in [0.29, 0.717) is 12.5 Å². The molecule has 0 bridgehead atoms. The Kier molecular flexibility index (Phi) is 5.95. The van der Waals surface area contributed by atoms with Crippen molar-refractivity contribution < 1.29 is 4.79 Å². The molecule has 0 saturated carbocycles. The van der Waals surface area contributed by atoms with Crippen molar-refractivity contribution in [3.05, 3.63) is 35.2 Å². The number of anilines is 1. The molecular weight excluding hydrogens is 294 g/mol. The van der Waals surface area contributed by atoms with Gasteiger partial charge in [-0.25, -0.2) is 4.98 Å². The first-order valence-corrected chi connectivity index (χ1v) is 8.45. The summed E-state index contributed by atoms with van der Waals surface area (Å²) in [5, 5.41) is 9.21. The molecule has 2 N–H and O–H groups in total. The van der Waals surface area contributed by atoms with E-state index in [4.69, 9.17) is 0 Å². The second kappa shape index (κ2) is 7.94. The van der Waals surface area contributed by atoms with E-state index in [-0.39, 0.29) is 5.91 Å². The molecule has 0 unspecified atom stereocenters. The van der Waals surface area contributed by atoms with E-state index in [9.17, 15) is 4.79 Å². The zero-order chi connectivity index (χ0) is 15.9. The van der Waals surface area contributed by atoms with Gasteiger partial charge in [-0.1, -0.05) is 38.1 Å². The Hall–Kier alpha value is -1.88. The fraction of sp³-hybridized carbons (Fsp3) is 0.412. The standard InChI is InChI=1S/C17H23N3OS/c1-12(2)10-19-17-20-16(11-22-17)15-6-4-14(5-7-15)8-9-18-13(3)21/h4-7,11-12H,8-10H2,1-3H3,(H,18,21)(H,19,20). The Morgan fingerprint density at radius 1 is 1.27 bits per heavy atom. The van der Waals surface area contributed by atoms with E-state index >= 15 is 0 Å². The molecule has 0 atom stereocenters. The van der Waals surface area contributed by atoms with E-state index < -0.39 is 0 Å². The van der Waals surface area contributed by atoms with Crippen molar-refractivity contribution in [2.75, 3.05) is 18.4 Å². The van der Waals surface area contributed by atoms with Crippen molar-refractivity contribution in [3.8, 4) is 11.3 Å². The molecule has 0 spiro atoms. The maximum atomic E-state index is 10.8. The Morgan fingerprint density at radius 2 is 2.00 bits per heavy atom. The van der Waals surface area contributed by atoms with E-state index in [0.717, 1.165) is 29.4 Å². The third-order valence-corrected chi connectivity index (χ3v) is 4.00. The minimum atomic E-state index is 0.0144. The molecule has 1 aromatic carbocycles. The molecule has 0 aliphatic rings. The van der Waals surface area contributed by atoms with Gasteiger partial charge in [-0.05, 0) is 17.9 Å². The minimum Gasteiger partial charge on any atom is -0.361 e. The van der Waals surface area contributed by atoms with Crippen LogP contribution in [0.4, 0.5) is 5.13 Å². The number of hydrogen-bond donors (Lipinski definition) is 2. The van der Waals surface area contributed by atoms with Crippen molar-refractivity contribution in [3.63, 3.8) is 0 Å². The van der Waals surface area contributed by atoms with Crippen LogP contribution in [0.2, 0.25) is 0 Å². The number of nitrogens with one attached hydrogen (secondary N) is 2. The molecule has 5 heteroatoms. The van der Waals surface area contributed by atoms with Crippen LogP contribution >= 0.6 is 11.3 Å². The van der Waals surface area contributed by atoms with Crippen LogP contribution < -0.4 is 10.6 Å². The van der Waals surface area contributed by atoms with Crippen LogP contribution in [-0.2, 0) is 11.2 Å². The average Bonchev–Trinajstić information content (AvgIpc) is 2.94. The van der Waals surface area contributed by atoms with E-state index in [2.05, 4.69) is 59.1 Å². The first kappa shape index (κ1) is 16.5. The number of carbonyl (C=O) groups excluding carboxylic acids is 1. The van der Waals surface area contributed by atoms with Gasteiger partial charge in [0.15, 0.2) is 5.13 Å². The minimum absolute atomic E-state index is 0.0144. The smallest absolute Gasteiger partial charge is 0.216 e. The monoisotopic (exact) mass is 317 g/mol. The first-order chi connectivity index (χ1) is 10.5. The number of amides is 1. The summed E-state index contributed by atoms with van der Waals surface area (Å²) in [6.07, 6.45) is 0.845. The second-order valence-corrected chi connectivity index (χ2v) is 6.60. The predicted octanol–water partition coefficient (Wildman–Crippen LogP) is 3.56. The maximum absolute atomic E-state index is 10.8. The van der Waals surface area contributed by atoms with Crippen molar-refractivity contribution in [2.24, 2.45) is 5.92 Å². The lowest BCUT2D eigenvalue weighted by Gasteiger charge is -2.05. The van der Waals surface area contributed by atoms with Crippen molar-refractivity contribution in [2.45, 2.75) is 27.2 Å². The summed E-state index contributed by atoms with van der Waals surface area (Å²) in [5.74, 6) is 0.621. The summed E-state index contributed by atoms with van der Waals surface area (Å²) >= 11 is 1.64. The normalized spacial score (nSPS) is 10.7. The number of hydrogen-bond acceptors (Lipinski definition) is 4. The highest BCUT2D eigenvalue weighted by Crippen LogP contribution is 2.25. The van der Waals surface area contributed by atoms with Gasteiger partial charge >= 0.3 is 0 Å². The van der Waals surface area contributed by atoms with Crippen molar-refractivity contribution in [1.29, 1.82) is 0 Å². The van der Waals surface area contributed by atoms with Gasteiger partial charge in [-0.2, -0.15) is 0 Å². The van der Waals surface area contributed by atoms with Crippen LogP contribution in [0.1, 0.15) is 26.3 Å². The number of rotatable bonds is 7. The van der Waals surface area contributed by atoms with Crippen LogP contribution in [0.15, 0.2) is 29.6 Å². The highest BCUT2D eigenvalue weighted by molar-refractivity contribution is 7.14. The molecule has 0 radical (unpaired) electrons. The van der Waals surface area contributed by atoms with Gasteiger partial charge in [0.1, 0.15) is 0 Å². The zero-order valence-electron chi connectivity index (χ0n) is 13.3. The van der Waals surface area contributed by atoms with Crippen LogP contribution in [-0.4, -0.2) is 24.0 Å². The molecule has 4 nitrogen and oxygen atoms in total. The molecule has 1 heterocycles. The number of nitrogens with zero attached hydrogens (tertiary/aromatic N) is 1. The summed E-state index contributed by atoms with van der Waals surface area (Å²) < 4.78 is 0. The van der Waals surface area contributed by atoms with Crippen LogP contribution in [0.3, 0.4) is 0 Å².